The first-order chi connectivity index (χ1) is 11.3. The number of anilines is 2. The molecular formula is C19H21ClN2O2. The van der Waals surface area contributed by atoms with Crippen LogP contribution >= 0.6 is 11.6 Å². The molecule has 24 heavy (non-hydrogen) atoms. The van der Waals surface area contributed by atoms with Crippen LogP contribution in [0.25, 0.3) is 0 Å². The number of carbonyl (C=O) groups is 2. The van der Waals surface area contributed by atoms with Crippen molar-refractivity contribution in [2.75, 3.05) is 16.8 Å². The second-order valence-electron chi connectivity index (χ2n) is 5.83. The summed E-state index contributed by atoms with van der Waals surface area (Å²) in [6.45, 7) is 7.20. The fourth-order valence-corrected chi connectivity index (χ4v) is 2.73. The van der Waals surface area contributed by atoms with Crippen molar-refractivity contribution in [2.24, 2.45) is 0 Å². The molecule has 4 nitrogen and oxygen atoms in total. The minimum absolute atomic E-state index is 0.0504. The summed E-state index contributed by atoms with van der Waals surface area (Å²) in [6.07, 6.45) is 0. The van der Waals surface area contributed by atoms with Gasteiger partial charge in [-0.25, -0.2) is 0 Å². The molecule has 5 heteroatoms. The predicted molar refractivity (Wildman–Crippen MR) is 98.8 cm³/mol. The molecule has 0 heterocycles. The van der Waals surface area contributed by atoms with Gasteiger partial charge in [-0.05, 0) is 61.7 Å². The van der Waals surface area contributed by atoms with Crippen LogP contribution in [0.4, 0.5) is 11.4 Å². The zero-order chi connectivity index (χ0) is 17.9. The van der Waals surface area contributed by atoms with Gasteiger partial charge in [-0.2, -0.15) is 0 Å². The molecule has 2 rings (SSSR count). The van der Waals surface area contributed by atoms with Gasteiger partial charge >= 0.3 is 0 Å². The van der Waals surface area contributed by atoms with E-state index in [1.807, 2.05) is 39.0 Å². The maximum atomic E-state index is 12.4. The summed E-state index contributed by atoms with van der Waals surface area (Å²) >= 11 is 5.96. The van der Waals surface area contributed by atoms with Crippen molar-refractivity contribution in [3.8, 4) is 0 Å². The number of nitrogens with one attached hydrogen (secondary N) is 1. The lowest BCUT2D eigenvalue weighted by atomic mass is 10.1. The summed E-state index contributed by atoms with van der Waals surface area (Å²) in [7, 11) is 0. The number of benzene rings is 2. The predicted octanol–water partition coefficient (Wildman–Crippen LogP) is 4.26. The Hall–Kier alpha value is -2.33. The van der Waals surface area contributed by atoms with Gasteiger partial charge in [0.05, 0.1) is 0 Å². The Labute approximate surface area is 147 Å². The van der Waals surface area contributed by atoms with Crippen LogP contribution in [0, 0.1) is 20.8 Å². The second-order valence-corrected chi connectivity index (χ2v) is 6.27. The van der Waals surface area contributed by atoms with Crippen molar-refractivity contribution < 1.29 is 9.59 Å². The third kappa shape index (κ3) is 4.15. The molecule has 0 spiro atoms. The van der Waals surface area contributed by atoms with Crippen LogP contribution in [0.1, 0.15) is 23.6 Å². The van der Waals surface area contributed by atoms with E-state index in [-0.39, 0.29) is 18.4 Å². The zero-order valence-electron chi connectivity index (χ0n) is 14.3. The number of amides is 2. The smallest absolute Gasteiger partial charge is 0.244 e. The Kier molecular flexibility index (Phi) is 5.62. The number of rotatable bonds is 4. The van der Waals surface area contributed by atoms with Crippen LogP contribution < -0.4 is 10.2 Å². The highest BCUT2D eigenvalue weighted by atomic mass is 35.5. The molecule has 0 atom stereocenters. The minimum Gasteiger partial charge on any atom is -0.324 e. The van der Waals surface area contributed by atoms with E-state index in [1.165, 1.54) is 11.8 Å². The standard InChI is InChI=1S/C19H21ClN2O2/c1-12-6-5-7-17(14(12)3)21-19(24)11-22(15(4)23)18-9-8-16(20)10-13(18)2/h5-10H,11H2,1-4H3,(H,21,24). The molecular weight excluding hydrogens is 324 g/mol. The summed E-state index contributed by atoms with van der Waals surface area (Å²) < 4.78 is 0. The number of hydrogen-bond acceptors (Lipinski definition) is 2. The van der Waals surface area contributed by atoms with E-state index >= 15 is 0 Å². The zero-order valence-corrected chi connectivity index (χ0v) is 15.1. The van der Waals surface area contributed by atoms with E-state index in [2.05, 4.69) is 5.32 Å². The number of halogens is 1. The normalized spacial score (nSPS) is 10.4. The van der Waals surface area contributed by atoms with Crippen LogP contribution in [0.5, 0.6) is 0 Å². The Morgan fingerprint density at radius 1 is 1.08 bits per heavy atom. The molecule has 0 bridgehead atoms. The van der Waals surface area contributed by atoms with Gasteiger partial charge in [-0.1, -0.05) is 23.7 Å². The quantitative estimate of drug-likeness (QED) is 0.901. The molecule has 0 aliphatic heterocycles. The third-order valence-corrected chi connectivity index (χ3v) is 4.25. The van der Waals surface area contributed by atoms with E-state index in [4.69, 9.17) is 11.6 Å². The molecule has 0 aromatic heterocycles. The van der Waals surface area contributed by atoms with E-state index in [0.29, 0.717) is 10.7 Å². The monoisotopic (exact) mass is 344 g/mol. The third-order valence-electron chi connectivity index (χ3n) is 4.01. The SMILES string of the molecule is CC(=O)N(CC(=O)Nc1cccc(C)c1C)c1ccc(Cl)cc1C. The van der Waals surface area contributed by atoms with E-state index in [0.717, 1.165) is 22.4 Å². The van der Waals surface area contributed by atoms with Crippen molar-refractivity contribution in [1.29, 1.82) is 0 Å². The Bertz CT molecular complexity index is 787. The van der Waals surface area contributed by atoms with Gasteiger partial charge in [-0.3, -0.25) is 9.59 Å². The molecule has 0 unspecified atom stereocenters. The number of carbonyl (C=O) groups excluding carboxylic acids is 2. The van der Waals surface area contributed by atoms with E-state index in [1.54, 1.807) is 18.2 Å². The van der Waals surface area contributed by atoms with Gasteiger partial charge in [0, 0.05) is 23.3 Å². The summed E-state index contributed by atoms with van der Waals surface area (Å²) in [4.78, 5) is 25.9. The highest BCUT2D eigenvalue weighted by Crippen LogP contribution is 2.24. The van der Waals surface area contributed by atoms with Gasteiger partial charge < -0.3 is 10.2 Å². The topological polar surface area (TPSA) is 49.4 Å². The Morgan fingerprint density at radius 2 is 1.79 bits per heavy atom. The average Bonchev–Trinajstić information content (AvgIpc) is 2.50. The van der Waals surface area contributed by atoms with Gasteiger partial charge in [0.15, 0.2) is 0 Å². The van der Waals surface area contributed by atoms with Gasteiger partial charge in [0.25, 0.3) is 0 Å². The molecule has 2 aromatic carbocycles. The second kappa shape index (κ2) is 7.49. The van der Waals surface area contributed by atoms with Crippen LogP contribution in [-0.4, -0.2) is 18.4 Å². The Morgan fingerprint density at radius 3 is 2.42 bits per heavy atom. The van der Waals surface area contributed by atoms with Gasteiger partial charge in [0.1, 0.15) is 6.54 Å². The van der Waals surface area contributed by atoms with Gasteiger partial charge in [0.2, 0.25) is 11.8 Å². The summed E-state index contributed by atoms with van der Waals surface area (Å²) in [6, 6.07) is 11.0. The lowest BCUT2D eigenvalue weighted by Gasteiger charge is -2.23. The molecule has 0 fully saturated rings. The fourth-order valence-electron chi connectivity index (χ4n) is 2.51. The molecule has 0 saturated carbocycles. The molecule has 2 aromatic rings. The first-order valence-corrected chi connectivity index (χ1v) is 8.07. The van der Waals surface area contributed by atoms with Crippen LogP contribution in [-0.2, 0) is 9.59 Å². The Balaban J connectivity index is 2.20. The number of aryl methyl sites for hydroxylation is 2. The van der Waals surface area contributed by atoms with Crippen LogP contribution in [0.15, 0.2) is 36.4 Å². The number of nitrogens with zero attached hydrogens (tertiary/aromatic N) is 1. The molecule has 0 radical (unpaired) electrons. The summed E-state index contributed by atoms with van der Waals surface area (Å²) in [5.41, 5.74) is 4.41. The lowest BCUT2D eigenvalue weighted by molar-refractivity contribution is -0.120. The molecule has 1 N–H and O–H groups in total. The van der Waals surface area contributed by atoms with Crippen molar-refractivity contribution >= 4 is 34.8 Å². The number of hydrogen-bond donors (Lipinski definition) is 1. The summed E-state index contributed by atoms with van der Waals surface area (Å²) in [5.74, 6) is -0.440. The van der Waals surface area contributed by atoms with Crippen molar-refractivity contribution in [3.63, 3.8) is 0 Å². The minimum atomic E-state index is -0.242. The van der Waals surface area contributed by atoms with E-state index in [9.17, 15) is 9.59 Å². The van der Waals surface area contributed by atoms with Crippen LogP contribution in [0.2, 0.25) is 5.02 Å². The highest BCUT2D eigenvalue weighted by Gasteiger charge is 2.18. The largest absolute Gasteiger partial charge is 0.324 e. The van der Waals surface area contributed by atoms with Crippen molar-refractivity contribution in [3.05, 3.63) is 58.1 Å². The molecule has 0 aliphatic carbocycles. The maximum Gasteiger partial charge on any atom is 0.244 e. The maximum absolute atomic E-state index is 12.4. The molecule has 126 valence electrons. The summed E-state index contributed by atoms with van der Waals surface area (Å²) in [5, 5.41) is 3.47. The van der Waals surface area contributed by atoms with Crippen molar-refractivity contribution in [2.45, 2.75) is 27.7 Å². The first kappa shape index (κ1) is 18.0. The van der Waals surface area contributed by atoms with Crippen molar-refractivity contribution in [1.82, 2.24) is 0 Å². The first-order valence-electron chi connectivity index (χ1n) is 7.70. The van der Waals surface area contributed by atoms with E-state index < -0.39 is 0 Å². The van der Waals surface area contributed by atoms with Crippen LogP contribution in [0.3, 0.4) is 0 Å². The average molecular weight is 345 g/mol. The highest BCUT2D eigenvalue weighted by molar-refractivity contribution is 6.30. The lowest BCUT2D eigenvalue weighted by Crippen LogP contribution is -2.37. The molecule has 0 aliphatic rings. The molecule has 0 saturated heterocycles. The fraction of sp³-hybridized carbons (Fsp3) is 0.263. The van der Waals surface area contributed by atoms with Gasteiger partial charge in [-0.15, -0.1) is 0 Å². The molecule has 2 amide bonds.